The maximum Gasteiger partial charge on any atom is 0.170 e. The van der Waals surface area contributed by atoms with Gasteiger partial charge >= 0.3 is 0 Å². The number of thiocarbonyl (C=S) groups is 1. The van der Waals surface area contributed by atoms with Gasteiger partial charge in [0.15, 0.2) is 5.11 Å². The number of aromatic nitrogens is 1. The molecule has 0 saturated carbocycles. The van der Waals surface area contributed by atoms with Gasteiger partial charge in [0.1, 0.15) is 5.15 Å². The Morgan fingerprint density at radius 1 is 1.41 bits per heavy atom. The van der Waals surface area contributed by atoms with Crippen LogP contribution in [0.25, 0.3) is 0 Å². The van der Waals surface area contributed by atoms with Crippen LogP contribution in [0.4, 0.5) is 5.69 Å². The largest absolute Gasteiger partial charge is 0.362 e. The lowest BCUT2D eigenvalue weighted by atomic mass is 10.2. The van der Waals surface area contributed by atoms with Crippen LogP contribution < -0.4 is 10.6 Å². The molecule has 1 rings (SSSR count). The number of nitrogens with one attached hydrogen (secondary N) is 2. The maximum atomic E-state index is 5.78. The standard InChI is InChI=1S/C12H18ClN3S/c1-2-3-4-5-7-15-12(17)16-10-6-8-14-11(13)9-10/h6,8-9H,2-5,7H2,1H3,(H2,14,15,16,17). The lowest BCUT2D eigenvalue weighted by molar-refractivity contribution is 0.655. The van der Waals surface area contributed by atoms with Crippen LogP contribution in [0.5, 0.6) is 0 Å². The Balaban J connectivity index is 2.21. The van der Waals surface area contributed by atoms with E-state index >= 15 is 0 Å². The number of halogens is 1. The molecular weight excluding hydrogens is 254 g/mol. The summed E-state index contributed by atoms with van der Waals surface area (Å²) in [4.78, 5) is 3.90. The fourth-order valence-electron chi connectivity index (χ4n) is 1.41. The fourth-order valence-corrected chi connectivity index (χ4v) is 1.80. The molecule has 0 radical (unpaired) electrons. The summed E-state index contributed by atoms with van der Waals surface area (Å²) in [5.41, 5.74) is 0.857. The van der Waals surface area contributed by atoms with Crippen LogP contribution in [0, 0.1) is 0 Å². The number of unbranched alkanes of at least 4 members (excludes halogenated alkanes) is 3. The topological polar surface area (TPSA) is 37.0 Å². The third-order valence-corrected chi connectivity index (χ3v) is 2.75. The molecule has 0 fully saturated rings. The molecule has 0 aliphatic heterocycles. The Bertz CT molecular complexity index is 357. The highest BCUT2D eigenvalue weighted by Gasteiger charge is 1.98. The van der Waals surface area contributed by atoms with Crippen molar-refractivity contribution in [2.75, 3.05) is 11.9 Å². The van der Waals surface area contributed by atoms with Crippen LogP contribution in [-0.4, -0.2) is 16.6 Å². The van der Waals surface area contributed by atoms with Crippen molar-refractivity contribution in [3.05, 3.63) is 23.5 Å². The number of pyridine rings is 1. The predicted octanol–water partition coefficient (Wildman–Crippen LogP) is 3.60. The number of nitrogens with zero attached hydrogens (tertiary/aromatic N) is 1. The van der Waals surface area contributed by atoms with Gasteiger partial charge in [0.25, 0.3) is 0 Å². The van der Waals surface area contributed by atoms with E-state index in [1.165, 1.54) is 19.3 Å². The molecular formula is C12H18ClN3S. The Morgan fingerprint density at radius 3 is 2.94 bits per heavy atom. The van der Waals surface area contributed by atoms with Crippen molar-refractivity contribution in [2.24, 2.45) is 0 Å². The molecule has 1 heterocycles. The molecule has 1 aromatic rings. The molecule has 0 aliphatic carbocycles. The second-order valence-electron chi connectivity index (χ2n) is 3.81. The zero-order valence-corrected chi connectivity index (χ0v) is 11.6. The Kier molecular flexibility index (Phi) is 6.89. The Labute approximate surface area is 113 Å². The smallest absolute Gasteiger partial charge is 0.170 e. The van der Waals surface area contributed by atoms with Gasteiger partial charge in [-0.3, -0.25) is 0 Å². The molecule has 0 amide bonds. The van der Waals surface area contributed by atoms with Crippen molar-refractivity contribution in [3.63, 3.8) is 0 Å². The third-order valence-electron chi connectivity index (χ3n) is 2.30. The van der Waals surface area contributed by atoms with E-state index in [1.54, 1.807) is 12.3 Å². The lowest BCUT2D eigenvalue weighted by Crippen LogP contribution is -2.29. The van der Waals surface area contributed by atoms with E-state index in [2.05, 4.69) is 22.5 Å². The molecule has 17 heavy (non-hydrogen) atoms. The van der Waals surface area contributed by atoms with Crippen molar-refractivity contribution in [1.82, 2.24) is 10.3 Å². The summed E-state index contributed by atoms with van der Waals surface area (Å²) >= 11 is 10.9. The quantitative estimate of drug-likeness (QED) is 0.471. The van der Waals surface area contributed by atoms with E-state index in [1.807, 2.05) is 6.07 Å². The molecule has 0 aromatic carbocycles. The van der Waals surface area contributed by atoms with Gasteiger partial charge in [0.05, 0.1) is 0 Å². The average Bonchev–Trinajstić information content (AvgIpc) is 2.29. The minimum absolute atomic E-state index is 0.459. The molecule has 2 N–H and O–H groups in total. The van der Waals surface area contributed by atoms with E-state index in [0.717, 1.165) is 18.7 Å². The van der Waals surface area contributed by atoms with Crippen LogP contribution in [-0.2, 0) is 0 Å². The highest BCUT2D eigenvalue weighted by molar-refractivity contribution is 7.80. The zero-order chi connectivity index (χ0) is 12.5. The van der Waals surface area contributed by atoms with Crippen LogP contribution in [0.2, 0.25) is 5.15 Å². The monoisotopic (exact) mass is 271 g/mol. The van der Waals surface area contributed by atoms with Gasteiger partial charge < -0.3 is 10.6 Å². The van der Waals surface area contributed by atoms with E-state index in [4.69, 9.17) is 23.8 Å². The molecule has 1 aromatic heterocycles. The summed E-state index contributed by atoms with van der Waals surface area (Å²) in [7, 11) is 0. The van der Waals surface area contributed by atoms with E-state index in [0.29, 0.717) is 10.3 Å². The van der Waals surface area contributed by atoms with Gasteiger partial charge in [0.2, 0.25) is 0 Å². The highest BCUT2D eigenvalue weighted by Crippen LogP contribution is 2.11. The second kappa shape index (κ2) is 8.25. The SMILES string of the molecule is CCCCCCNC(=S)Nc1ccnc(Cl)c1. The molecule has 0 bridgehead atoms. The average molecular weight is 272 g/mol. The molecule has 3 nitrogen and oxygen atoms in total. The molecule has 0 spiro atoms. The van der Waals surface area contributed by atoms with Crippen molar-refractivity contribution in [2.45, 2.75) is 32.6 Å². The van der Waals surface area contributed by atoms with Crippen LogP contribution in [0.15, 0.2) is 18.3 Å². The molecule has 0 unspecified atom stereocenters. The normalized spacial score (nSPS) is 10.0. The Morgan fingerprint density at radius 2 is 2.24 bits per heavy atom. The van der Waals surface area contributed by atoms with E-state index < -0.39 is 0 Å². The molecule has 0 atom stereocenters. The summed E-state index contributed by atoms with van der Waals surface area (Å²) < 4.78 is 0. The molecule has 0 saturated heterocycles. The lowest BCUT2D eigenvalue weighted by Gasteiger charge is -2.10. The van der Waals surface area contributed by atoms with Gasteiger partial charge in [0, 0.05) is 18.4 Å². The third kappa shape index (κ3) is 6.44. The summed E-state index contributed by atoms with van der Waals surface area (Å²) in [6, 6.07) is 3.57. The Hall–Kier alpha value is -0.870. The summed E-state index contributed by atoms with van der Waals surface area (Å²) in [6.07, 6.45) is 6.56. The van der Waals surface area contributed by atoms with Crippen molar-refractivity contribution in [1.29, 1.82) is 0 Å². The minimum atomic E-state index is 0.459. The molecule has 5 heteroatoms. The first-order chi connectivity index (χ1) is 8.22. The van der Waals surface area contributed by atoms with Crippen molar-refractivity contribution >= 4 is 34.6 Å². The first-order valence-corrected chi connectivity index (χ1v) is 6.67. The first-order valence-electron chi connectivity index (χ1n) is 5.88. The van der Waals surface area contributed by atoms with Gasteiger partial charge in [-0.15, -0.1) is 0 Å². The predicted molar refractivity (Wildman–Crippen MR) is 77.6 cm³/mol. The summed E-state index contributed by atoms with van der Waals surface area (Å²) in [6.45, 7) is 3.11. The van der Waals surface area contributed by atoms with Crippen LogP contribution in [0.3, 0.4) is 0 Å². The van der Waals surface area contributed by atoms with Gasteiger partial charge in [-0.2, -0.15) is 0 Å². The fraction of sp³-hybridized carbons (Fsp3) is 0.500. The number of hydrogen-bond acceptors (Lipinski definition) is 2. The van der Waals surface area contributed by atoms with Crippen LogP contribution >= 0.6 is 23.8 Å². The minimum Gasteiger partial charge on any atom is -0.362 e. The van der Waals surface area contributed by atoms with E-state index in [-0.39, 0.29) is 0 Å². The molecule has 0 aliphatic rings. The van der Waals surface area contributed by atoms with Gasteiger partial charge in [-0.25, -0.2) is 4.98 Å². The highest BCUT2D eigenvalue weighted by atomic mass is 35.5. The number of hydrogen-bond donors (Lipinski definition) is 2. The van der Waals surface area contributed by atoms with Gasteiger partial charge in [-0.1, -0.05) is 37.8 Å². The molecule has 94 valence electrons. The summed E-state index contributed by atoms with van der Waals surface area (Å²) in [5, 5.41) is 7.32. The first kappa shape index (κ1) is 14.2. The second-order valence-corrected chi connectivity index (χ2v) is 4.60. The van der Waals surface area contributed by atoms with Crippen molar-refractivity contribution < 1.29 is 0 Å². The van der Waals surface area contributed by atoms with Crippen molar-refractivity contribution in [3.8, 4) is 0 Å². The van der Waals surface area contributed by atoms with E-state index in [9.17, 15) is 0 Å². The van der Waals surface area contributed by atoms with Crippen LogP contribution in [0.1, 0.15) is 32.6 Å². The zero-order valence-electron chi connectivity index (χ0n) is 10.0. The van der Waals surface area contributed by atoms with Gasteiger partial charge in [-0.05, 0) is 30.8 Å². The summed E-state index contributed by atoms with van der Waals surface area (Å²) in [5.74, 6) is 0. The number of rotatable bonds is 6. The number of anilines is 1. The maximum absolute atomic E-state index is 5.78.